The van der Waals surface area contributed by atoms with E-state index in [0.717, 1.165) is 26.0 Å². The summed E-state index contributed by atoms with van der Waals surface area (Å²) in [6, 6.07) is 0.298. The lowest BCUT2D eigenvalue weighted by molar-refractivity contribution is 0.132. The molecule has 0 aliphatic heterocycles. The molecule has 21 heavy (non-hydrogen) atoms. The minimum absolute atomic E-state index is 0.298. The number of ether oxygens (including phenoxy) is 2. The molecule has 1 heterocycles. The number of hydrogen-bond donors (Lipinski definition) is 2. The molecule has 0 saturated heterocycles. The van der Waals surface area contributed by atoms with Gasteiger partial charge < -0.3 is 20.1 Å². The van der Waals surface area contributed by atoms with Gasteiger partial charge in [0.2, 0.25) is 11.9 Å². The minimum Gasteiger partial charge on any atom is -0.467 e. The fraction of sp³-hybridized carbons (Fsp3) is 0.786. The summed E-state index contributed by atoms with van der Waals surface area (Å²) in [6.07, 6.45) is 2.07. The van der Waals surface area contributed by atoms with Crippen LogP contribution in [0, 0.1) is 5.92 Å². The number of nitrogens with zero attached hydrogens (tertiary/aromatic N) is 3. The van der Waals surface area contributed by atoms with Crippen LogP contribution in [0.5, 0.6) is 6.01 Å². The first-order valence-corrected chi connectivity index (χ1v) is 7.51. The molecular formula is C14H27N5O2. The molecule has 0 amide bonds. The number of aromatic nitrogens is 3. The molecule has 0 aliphatic rings. The molecule has 0 saturated carbocycles. The molecule has 0 aromatic carbocycles. The van der Waals surface area contributed by atoms with E-state index in [1.165, 1.54) is 7.11 Å². The summed E-state index contributed by atoms with van der Waals surface area (Å²) in [4.78, 5) is 12.6. The molecule has 0 bridgehead atoms. The van der Waals surface area contributed by atoms with Crippen molar-refractivity contribution in [2.75, 3.05) is 44.0 Å². The maximum absolute atomic E-state index is 5.54. The summed E-state index contributed by atoms with van der Waals surface area (Å²) >= 11 is 0. The first-order valence-electron chi connectivity index (χ1n) is 7.51. The van der Waals surface area contributed by atoms with Crippen LogP contribution in [-0.2, 0) is 4.74 Å². The van der Waals surface area contributed by atoms with Crippen LogP contribution in [0.4, 0.5) is 11.9 Å². The van der Waals surface area contributed by atoms with Crippen molar-refractivity contribution >= 4 is 11.9 Å². The Balaban J connectivity index is 2.39. The first kappa shape index (κ1) is 17.4. The van der Waals surface area contributed by atoms with Crippen LogP contribution in [0.1, 0.15) is 33.6 Å². The molecule has 0 radical (unpaired) electrons. The fourth-order valence-corrected chi connectivity index (χ4v) is 1.50. The Morgan fingerprint density at radius 2 is 1.67 bits per heavy atom. The summed E-state index contributed by atoms with van der Waals surface area (Å²) in [5, 5.41) is 6.24. The Bertz CT molecular complexity index is 401. The third kappa shape index (κ3) is 7.65. The maximum atomic E-state index is 5.54. The molecule has 7 nitrogen and oxygen atoms in total. The van der Waals surface area contributed by atoms with E-state index in [-0.39, 0.29) is 0 Å². The lowest BCUT2D eigenvalue weighted by Gasteiger charge is -2.10. The van der Waals surface area contributed by atoms with Crippen molar-refractivity contribution in [1.29, 1.82) is 0 Å². The van der Waals surface area contributed by atoms with E-state index in [9.17, 15) is 0 Å². The van der Waals surface area contributed by atoms with Crippen LogP contribution in [0.15, 0.2) is 0 Å². The zero-order valence-corrected chi connectivity index (χ0v) is 13.5. The number of hydrogen-bond acceptors (Lipinski definition) is 7. The normalized spacial score (nSPS) is 10.7. The zero-order valence-electron chi connectivity index (χ0n) is 13.5. The van der Waals surface area contributed by atoms with Crippen LogP contribution in [0.3, 0.4) is 0 Å². The van der Waals surface area contributed by atoms with Gasteiger partial charge in [0, 0.05) is 19.7 Å². The number of anilines is 2. The Morgan fingerprint density at radius 1 is 1.00 bits per heavy atom. The first-order chi connectivity index (χ1) is 10.2. The molecule has 0 unspecified atom stereocenters. The van der Waals surface area contributed by atoms with Gasteiger partial charge in [0.05, 0.1) is 13.7 Å². The summed E-state index contributed by atoms with van der Waals surface area (Å²) in [6.45, 7) is 9.32. The van der Waals surface area contributed by atoms with Crippen LogP contribution in [-0.4, -0.2) is 48.4 Å². The standard InChI is InChI=1S/C14H27N5O2/c1-5-7-15-12-17-13(19-14(18-12)20-4)16-8-10-21-9-6-11(2)3/h11H,5-10H2,1-4H3,(H2,15,16,17,18,19). The molecule has 1 aromatic heterocycles. The highest BCUT2D eigenvalue weighted by Crippen LogP contribution is 2.10. The van der Waals surface area contributed by atoms with E-state index < -0.39 is 0 Å². The van der Waals surface area contributed by atoms with Crippen molar-refractivity contribution in [2.24, 2.45) is 5.92 Å². The molecule has 0 spiro atoms. The molecule has 0 aliphatic carbocycles. The van der Waals surface area contributed by atoms with E-state index in [2.05, 4.69) is 46.4 Å². The number of nitrogens with one attached hydrogen (secondary N) is 2. The van der Waals surface area contributed by atoms with Gasteiger partial charge >= 0.3 is 6.01 Å². The molecule has 0 atom stereocenters. The third-order valence-corrected chi connectivity index (χ3v) is 2.70. The van der Waals surface area contributed by atoms with Gasteiger partial charge in [-0.3, -0.25) is 0 Å². The Hall–Kier alpha value is -1.63. The summed E-state index contributed by atoms with van der Waals surface area (Å²) in [5.41, 5.74) is 0. The lowest BCUT2D eigenvalue weighted by atomic mass is 10.1. The van der Waals surface area contributed by atoms with Crippen LogP contribution in [0.2, 0.25) is 0 Å². The molecule has 120 valence electrons. The topological polar surface area (TPSA) is 81.2 Å². The van der Waals surface area contributed by atoms with Gasteiger partial charge in [0.25, 0.3) is 0 Å². The van der Waals surface area contributed by atoms with E-state index in [1.807, 2.05) is 0 Å². The highest BCUT2D eigenvalue weighted by atomic mass is 16.5. The van der Waals surface area contributed by atoms with E-state index in [4.69, 9.17) is 9.47 Å². The minimum atomic E-state index is 0.298. The Kier molecular flexibility index (Phi) is 8.42. The van der Waals surface area contributed by atoms with Gasteiger partial charge in [-0.15, -0.1) is 0 Å². The molecule has 2 N–H and O–H groups in total. The van der Waals surface area contributed by atoms with Crippen molar-refractivity contribution in [3.05, 3.63) is 0 Å². The molecular weight excluding hydrogens is 270 g/mol. The van der Waals surface area contributed by atoms with Crippen LogP contribution >= 0.6 is 0 Å². The molecule has 1 rings (SSSR count). The third-order valence-electron chi connectivity index (χ3n) is 2.70. The van der Waals surface area contributed by atoms with Gasteiger partial charge in [-0.2, -0.15) is 15.0 Å². The molecule has 1 aromatic rings. The van der Waals surface area contributed by atoms with Gasteiger partial charge in [-0.05, 0) is 18.8 Å². The highest BCUT2D eigenvalue weighted by molar-refractivity contribution is 5.35. The molecule has 0 fully saturated rings. The van der Waals surface area contributed by atoms with Crippen molar-refractivity contribution < 1.29 is 9.47 Å². The second kappa shape index (κ2) is 10.1. The summed E-state index contributed by atoms with van der Waals surface area (Å²) in [7, 11) is 1.54. The Labute approximate surface area is 126 Å². The average Bonchev–Trinajstić information content (AvgIpc) is 2.48. The van der Waals surface area contributed by atoms with Crippen LogP contribution < -0.4 is 15.4 Å². The van der Waals surface area contributed by atoms with Crippen molar-refractivity contribution in [3.8, 4) is 6.01 Å². The molecule has 7 heteroatoms. The SMILES string of the molecule is CCCNc1nc(NCCOCCC(C)C)nc(OC)n1. The van der Waals surface area contributed by atoms with Crippen molar-refractivity contribution in [3.63, 3.8) is 0 Å². The predicted octanol–water partition coefficient (Wildman–Crippen LogP) is 2.18. The van der Waals surface area contributed by atoms with Gasteiger partial charge in [-0.25, -0.2) is 0 Å². The largest absolute Gasteiger partial charge is 0.467 e. The summed E-state index contributed by atoms with van der Waals surface area (Å²) < 4.78 is 10.6. The van der Waals surface area contributed by atoms with Gasteiger partial charge in [-0.1, -0.05) is 20.8 Å². The second-order valence-corrected chi connectivity index (χ2v) is 5.12. The van der Waals surface area contributed by atoms with E-state index in [1.54, 1.807) is 0 Å². The maximum Gasteiger partial charge on any atom is 0.322 e. The smallest absolute Gasteiger partial charge is 0.322 e. The lowest BCUT2D eigenvalue weighted by Crippen LogP contribution is -2.15. The monoisotopic (exact) mass is 297 g/mol. The number of methoxy groups -OCH3 is 1. The quantitative estimate of drug-likeness (QED) is 0.606. The van der Waals surface area contributed by atoms with E-state index in [0.29, 0.717) is 37.0 Å². The van der Waals surface area contributed by atoms with Crippen molar-refractivity contribution in [2.45, 2.75) is 33.6 Å². The van der Waals surface area contributed by atoms with Gasteiger partial charge in [0.1, 0.15) is 0 Å². The summed E-state index contributed by atoms with van der Waals surface area (Å²) in [5.74, 6) is 1.68. The van der Waals surface area contributed by atoms with Crippen LogP contribution in [0.25, 0.3) is 0 Å². The van der Waals surface area contributed by atoms with E-state index >= 15 is 0 Å². The van der Waals surface area contributed by atoms with Crippen molar-refractivity contribution in [1.82, 2.24) is 15.0 Å². The predicted molar refractivity (Wildman–Crippen MR) is 83.9 cm³/mol. The van der Waals surface area contributed by atoms with Gasteiger partial charge in [0.15, 0.2) is 0 Å². The average molecular weight is 297 g/mol. The fourth-order valence-electron chi connectivity index (χ4n) is 1.50. The Morgan fingerprint density at radius 3 is 2.24 bits per heavy atom. The highest BCUT2D eigenvalue weighted by Gasteiger charge is 2.05. The second-order valence-electron chi connectivity index (χ2n) is 5.12. The zero-order chi connectivity index (χ0) is 15.5. The number of rotatable bonds is 11.